The molecule has 8 nitrogen and oxygen atoms in total. The molecule has 4 aromatic rings. The Labute approximate surface area is 155 Å². The summed E-state index contributed by atoms with van der Waals surface area (Å²) in [6.07, 6.45) is -3.85. The van der Waals surface area contributed by atoms with E-state index in [1.807, 2.05) is 0 Å². The van der Waals surface area contributed by atoms with Crippen molar-refractivity contribution in [3.63, 3.8) is 0 Å². The van der Waals surface area contributed by atoms with E-state index >= 15 is 0 Å². The molecule has 2 N–H and O–H groups in total. The molecule has 0 amide bonds. The molecule has 3 heterocycles. The number of anilines is 1. The Morgan fingerprint density at radius 2 is 1.82 bits per heavy atom. The van der Waals surface area contributed by atoms with E-state index in [4.69, 9.17) is 15.2 Å². The number of methoxy groups -OCH3 is 2. The SMILES string of the molecule is COc1ccc(-c2nnn3c2nc(N)c2ncc(C(F)(F)F)cc23)cc1OC. The molecule has 0 bridgehead atoms. The number of benzene rings is 1. The Kier molecular flexibility index (Phi) is 3.95. The summed E-state index contributed by atoms with van der Waals surface area (Å²) in [5.41, 5.74) is 6.25. The molecule has 0 atom stereocenters. The van der Waals surface area contributed by atoms with E-state index < -0.39 is 11.7 Å². The number of nitrogens with zero attached hydrogens (tertiary/aromatic N) is 5. The van der Waals surface area contributed by atoms with Crippen LogP contribution in [0.3, 0.4) is 0 Å². The second-order valence-electron chi connectivity index (χ2n) is 5.83. The lowest BCUT2D eigenvalue weighted by Gasteiger charge is -2.09. The monoisotopic (exact) mass is 390 g/mol. The van der Waals surface area contributed by atoms with E-state index in [1.54, 1.807) is 18.2 Å². The number of hydrogen-bond acceptors (Lipinski definition) is 7. The van der Waals surface area contributed by atoms with Crippen molar-refractivity contribution in [2.75, 3.05) is 20.0 Å². The molecule has 3 aromatic heterocycles. The van der Waals surface area contributed by atoms with Crippen LogP contribution in [0.2, 0.25) is 0 Å². The van der Waals surface area contributed by atoms with Crippen molar-refractivity contribution in [1.82, 2.24) is 24.8 Å². The molecule has 0 aliphatic carbocycles. The van der Waals surface area contributed by atoms with Gasteiger partial charge in [0.1, 0.15) is 11.2 Å². The molecular weight excluding hydrogens is 377 g/mol. The summed E-state index contributed by atoms with van der Waals surface area (Å²) in [6.45, 7) is 0. The third-order valence-electron chi connectivity index (χ3n) is 4.20. The number of nitrogens with two attached hydrogens (primary N) is 1. The maximum atomic E-state index is 13.1. The average Bonchev–Trinajstić information content (AvgIpc) is 3.10. The number of hydrogen-bond donors (Lipinski definition) is 1. The first-order valence-corrected chi connectivity index (χ1v) is 7.93. The van der Waals surface area contributed by atoms with E-state index in [9.17, 15) is 13.2 Å². The smallest absolute Gasteiger partial charge is 0.417 e. The van der Waals surface area contributed by atoms with Gasteiger partial charge in [0.25, 0.3) is 0 Å². The zero-order valence-electron chi connectivity index (χ0n) is 14.7. The largest absolute Gasteiger partial charge is 0.493 e. The first kappa shape index (κ1) is 17.8. The molecule has 144 valence electrons. The number of pyridine rings is 1. The highest BCUT2D eigenvalue weighted by atomic mass is 19.4. The number of ether oxygens (including phenoxy) is 2. The Balaban J connectivity index is 1.98. The summed E-state index contributed by atoms with van der Waals surface area (Å²) in [5.74, 6) is 0.941. The van der Waals surface area contributed by atoms with Gasteiger partial charge in [-0.2, -0.15) is 17.7 Å². The van der Waals surface area contributed by atoms with E-state index in [2.05, 4.69) is 20.3 Å². The number of nitrogen functional groups attached to an aromatic ring is 1. The molecule has 4 rings (SSSR count). The lowest BCUT2D eigenvalue weighted by atomic mass is 10.1. The minimum absolute atomic E-state index is 0.0275. The van der Waals surface area contributed by atoms with E-state index in [0.29, 0.717) is 29.0 Å². The van der Waals surface area contributed by atoms with Crippen molar-refractivity contribution in [2.45, 2.75) is 6.18 Å². The third kappa shape index (κ3) is 2.71. The van der Waals surface area contributed by atoms with Crippen LogP contribution in [0.1, 0.15) is 5.56 Å². The van der Waals surface area contributed by atoms with Gasteiger partial charge in [-0.3, -0.25) is 4.98 Å². The fourth-order valence-electron chi connectivity index (χ4n) is 2.84. The minimum atomic E-state index is -4.56. The van der Waals surface area contributed by atoms with E-state index in [-0.39, 0.29) is 22.5 Å². The van der Waals surface area contributed by atoms with Crippen molar-refractivity contribution in [2.24, 2.45) is 0 Å². The maximum Gasteiger partial charge on any atom is 0.417 e. The summed E-state index contributed by atoms with van der Waals surface area (Å²) in [7, 11) is 2.99. The van der Waals surface area contributed by atoms with E-state index in [1.165, 1.54) is 18.7 Å². The molecule has 0 aliphatic heterocycles. The van der Waals surface area contributed by atoms with Gasteiger partial charge in [0.15, 0.2) is 23.0 Å². The molecule has 0 saturated carbocycles. The van der Waals surface area contributed by atoms with Gasteiger partial charge in [0.2, 0.25) is 0 Å². The summed E-state index contributed by atoms with van der Waals surface area (Å²) in [4.78, 5) is 8.03. The van der Waals surface area contributed by atoms with Gasteiger partial charge in [0, 0.05) is 11.8 Å². The number of aromatic nitrogens is 5. The molecule has 0 saturated heterocycles. The minimum Gasteiger partial charge on any atom is -0.493 e. The standard InChI is InChI=1S/C17H13F3N6O2/c1-27-11-4-3-8(5-12(11)28-2)13-16-23-15(21)14-10(26(16)25-24-13)6-9(7-22-14)17(18,19)20/h3-7H,1-2H3,(H2,21,23). The highest BCUT2D eigenvalue weighted by Gasteiger charge is 2.32. The number of halogens is 3. The Morgan fingerprint density at radius 3 is 2.50 bits per heavy atom. The van der Waals surface area contributed by atoms with Crippen LogP contribution in [-0.4, -0.2) is 39.0 Å². The summed E-state index contributed by atoms with van der Waals surface area (Å²) in [5, 5.41) is 8.02. The van der Waals surface area contributed by atoms with Crippen molar-refractivity contribution in [3.8, 4) is 22.8 Å². The van der Waals surface area contributed by atoms with Gasteiger partial charge < -0.3 is 15.2 Å². The van der Waals surface area contributed by atoms with Crippen LogP contribution in [0.25, 0.3) is 27.9 Å². The van der Waals surface area contributed by atoms with Crippen molar-refractivity contribution >= 4 is 22.5 Å². The van der Waals surface area contributed by atoms with Crippen molar-refractivity contribution in [1.29, 1.82) is 0 Å². The second-order valence-corrected chi connectivity index (χ2v) is 5.83. The number of alkyl halides is 3. The van der Waals surface area contributed by atoms with Crippen molar-refractivity contribution in [3.05, 3.63) is 36.0 Å². The molecule has 1 aromatic carbocycles. The first-order chi connectivity index (χ1) is 13.3. The molecule has 28 heavy (non-hydrogen) atoms. The van der Waals surface area contributed by atoms with Gasteiger partial charge in [-0.1, -0.05) is 5.21 Å². The highest BCUT2D eigenvalue weighted by Crippen LogP contribution is 2.35. The van der Waals surface area contributed by atoms with Crippen LogP contribution in [0.4, 0.5) is 19.0 Å². The first-order valence-electron chi connectivity index (χ1n) is 7.93. The lowest BCUT2D eigenvalue weighted by Crippen LogP contribution is -2.08. The Hall–Kier alpha value is -3.63. The van der Waals surface area contributed by atoms with Gasteiger partial charge in [0.05, 0.1) is 25.3 Å². The van der Waals surface area contributed by atoms with Gasteiger partial charge in [-0.05, 0) is 24.3 Å². The van der Waals surface area contributed by atoms with Crippen LogP contribution < -0.4 is 15.2 Å². The fraction of sp³-hybridized carbons (Fsp3) is 0.176. The van der Waals surface area contributed by atoms with Crippen LogP contribution >= 0.6 is 0 Å². The molecule has 0 spiro atoms. The predicted molar refractivity (Wildman–Crippen MR) is 94.0 cm³/mol. The van der Waals surface area contributed by atoms with Gasteiger partial charge in [-0.15, -0.1) is 5.10 Å². The molecule has 0 unspecified atom stereocenters. The second kappa shape index (κ2) is 6.22. The zero-order valence-corrected chi connectivity index (χ0v) is 14.7. The molecule has 11 heteroatoms. The molecule has 0 aliphatic rings. The van der Waals surface area contributed by atoms with Crippen LogP contribution in [-0.2, 0) is 6.18 Å². The summed E-state index contributed by atoms with van der Waals surface area (Å²) < 4.78 is 50.9. The third-order valence-corrected chi connectivity index (χ3v) is 4.20. The summed E-state index contributed by atoms with van der Waals surface area (Å²) >= 11 is 0. The Morgan fingerprint density at radius 1 is 1.07 bits per heavy atom. The number of fused-ring (bicyclic) bond motifs is 3. The predicted octanol–water partition coefficient (Wildman–Crippen LogP) is 2.96. The normalized spacial score (nSPS) is 11.9. The van der Waals surface area contributed by atoms with Crippen LogP contribution in [0.5, 0.6) is 11.5 Å². The van der Waals surface area contributed by atoms with Gasteiger partial charge in [-0.25, -0.2) is 4.98 Å². The lowest BCUT2D eigenvalue weighted by molar-refractivity contribution is -0.137. The molecule has 0 fully saturated rings. The van der Waals surface area contributed by atoms with Crippen LogP contribution in [0.15, 0.2) is 30.5 Å². The number of rotatable bonds is 3. The maximum absolute atomic E-state index is 13.1. The summed E-state index contributed by atoms with van der Waals surface area (Å²) in [6, 6.07) is 5.96. The topological polar surface area (TPSA) is 100 Å². The van der Waals surface area contributed by atoms with Crippen molar-refractivity contribution < 1.29 is 22.6 Å². The van der Waals surface area contributed by atoms with E-state index in [0.717, 1.165) is 6.07 Å². The Bertz CT molecular complexity index is 1210. The quantitative estimate of drug-likeness (QED) is 0.574. The average molecular weight is 390 g/mol. The van der Waals surface area contributed by atoms with Gasteiger partial charge >= 0.3 is 6.18 Å². The van der Waals surface area contributed by atoms with Crippen LogP contribution in [0, 0.1) is 0 Å². The molecule has 0 radical (unpaired) electrons. The highest BCUT2D eigenvalue weighted by molar-refractivity contribution is 5.89. The molecular formula is C17H13F3N6O2. The fourth-order valence-corrected chi connectivity index (χ4v) is 2.84. The zero-order chi connectivity index (χ0) is 20.1.